The van der Waals surface area contributed by atoms with Crippen LogP contribution in [-0.2, 0) is 6.42 Å². The van der Waals surface area contributed by atoms with Crippen LogP contribution in [-0.4, -0.2) is 5.16 Å². The largest absolute Gasteiger partial charge is 0.205 e. The summed E-state index contributed by atoms with van der Waals surface area (Å²) in [5.41, 5.74) is 1.08. The van der Waals surface area contributed by atoms with Crippen molar-refractivity contribution in [3.05, 3.63) is 53.2 Å². The van der Waals surface area contributed by atoms with Gasteiger partial charge < -0.3 is 0 Å². The molecular formula is C20H18FNS3. The van der Waals surface area contributed by atoms with Crippen molar-refractivity contribution in [2.24, 2.45) is 10.9 Å². The monoisotopic (exact) mass is 387 g/mol. The summed E-state index contributed by atoms with van der Waals surface area (Å²) in [7, 11) is 0. The minimum atomic E-state index is -0.378. The zero-order chi connectivity index (χ0) is 17.8. The molecule has 0 saturated carbocycles. The Morgan fingerprint density at radius 1 is 1.08 bits per heavy atom. The van der Waals surface area contributed by atoms with E-state index in [0.29, 0.717) is 5.92 Å². The minimum absolute atomic E-state index is 0.225. The summed E-state index contributed by atoms with van der Waals surface area (Å²) in [6.07, 6.45) is 2.33. The standard InChI is InChI=1S/C20H18FNS3/c1-3-13(2)10-15-5-7-19(24-15)20-9-8-18(25-20)14-4-6-17(22-12-23)16(21)11-14/h4-9,11,13H,3,10H2,1-2H3. The van der Waals surface area contributed by atoms with Crippen molar-refractivity contribution in [1.82, 2.24) is 0 Å². The van der Waals surface area contributed by atoms with Crippen LogP contribution in [0.1, 0.15) is 25.1 Å². The van der Waals surface area contributed by atoms with Crippen LogP contribution >= 0.6 is 34.9 Å². The van der Waals surface area contributed by atoms with Crippen molar-refractivity contribution in [1.29, 1.82) is 0 Å². The first kappa shape index (κ1) is 18.2. The van der Waals surface area contributed by atoms with E-state index in [2.05, 4.69) is 54.4 Å². The van der Waals surface area contributed by atoms with Gasteiger partial charge in [-0.2, -0.15) is 4.99 Å². The van der Waals surface area contributed by atoms with E-state index in [4.69, 9.17) is 0 Å². The van der Waals surface area contributed by atoms with Crippen LogP contribution < -0.4 is 0 Å². The van der Waals surface area contributed by atoms with E-state index in [1.54, 1.807) is 17.4 Å². The van der Waals surface area contributed by atoms with Crippen molar-refractivity contribution < 1.29 is 4.39 Å². The lowest BCUT2D eigenvalue weighted by Gasteiger charge is -2.04. The van der Waals surface area contributed by atoms with Crippen molar-refractivity contribution in [2.75, 3.05) is 0 Å². The van der Waals surface area contributed by atoms with Gasteiger partial charge >= 0.3 is 0 Å². The van der Waals surface area contributed by atoms with E-state index < -0.39 is 0 Å². The summed E-state index contributed by atoms with van der Waals surface area (Å²) in [4.78, 5) is 8.69. The van der Waals surface area contributed by atoms with Gasteiger partial charge in [0.25, 0.3) is 0 Å². The number of isothiocyanates is 1. The molecule has 2 heterocycles. The molecule has 1 atom stereocenters. The highest BCUT2D eigenvalue weighted by molar-refractivity contribution is 7.78. The van der Waals surface area contributed by atoms with Gasteiger partial charge in [0.15, 0.2) is 0 Å². The molecule has 0 bridgehead atoms. The molecular weight excluding hydrogens is 369 g/mol. The van der Waals surface area contributed by atoms with Crippen LogP contribution in [0.3, 0.4) is 0 Å². The molecule has 0 amide bonds. The summed E-state index contributed by atoms with van der Waals surface area (Å²) >= 11 is 8.07. The highest BCUT2D eigenvalue weighted by Gasteiger charge is 2.11. The van der Waals surface area contributed by atoms with Crippen LogP contribution in [0.2, 0.25) is 0 Å². The lowest BCUT2D eigenvalue weighted by molar-refractivity contribution is 0.565. The van der Waals surface area contributed by atoms with E-state index in [1.807, 2.05) is 23.5 Å². The Morgan fingerprint density at radius 2 is 1.80 bits per heavy atom. The SMILES string of the molecule is CCC(C)Cc1ccc(-c2ccc(-c3ccc(N=C=S)c(F)c3)s2)s1. The smallest absolute Gasteiger partial charge is 0.150 e. The second-order valence-electron chi connectivity index (χ2n) is 6.02. The molecule has 0 aliphatic heterocycles. The molecule has 5 heteroatoms. The van der Waals surface area contributed by atoms with Crippen LogP contribution in [0.15, 0.2) is 47.5 Å². The molecule has 25 heavy (non-hydrogen) atoms. The van der Waals surface area contributed by atoms with Crippen LogP contribution in [0.5, 0.6) is 0 Å². The lowest BCUT2D eigenvalue weighted by Crippen LogP contribution is -1.94. The lowest BCUT2D eigenvalue weighted by atomic mass is 10.0. The van der Waals surface area contributed by atoms with Gasteiger partial charge in [0, 0.05) is 19.5 Å². The van der Waals surface area contributed by atoms with Crippen molar-refractivity contribution in [2.45, 2.75) is 26.7 Å². The Morgan fingerprint density at radius 3 is 2.52 bits per heavy atom. The van der Waals surface area contributed by atoms with Crippen molar-refractivity contribution in [3.63, 3.8) is 0 Å². The fourth-order valence-corrected chi connectivity index (χ4v) is 4.90. The summed E-state index contributed by atoms with van der Waals surface area (Å²) in [6, 6.07) is 13.6. The average Bonchev–Trinajstić information content (AvgIpc) is 3.26. The molecule has 0 radical (unpaired) electrons. The number of aliphatic imine (C=N–C) groups is 1. The van der Waals surface area contributed by atoms with Crippen molar-refractivity contribution in [3.8, 4) is 20.2 Å². The zero-order valence-electron chi connectivity index (χ0n) is 14.1. The number of hydrogen-bond donors (Lipinski definition) is 0. The van der Waals surface area contributed by atoms with Gasteiger partial charge in [-0.3, -0.25) is 0 Å². The summed E-state index contributed by atoms with van der Waals surface area (Å²) in [5.74, 6) is 0.332. The average molecular weight is 388 g/mol. The maximum Gasteiger partial charge on any atom is 0.150 e. The molecule has 0 aliphatic rings. The molecule has 0 N–H and O–H groups in total. The third-order valence-corrected chi connectivity index (χ3v) is 6.68. The quantitative estimate of drug-likeness (QED) is 0.313. The van der Waals surface area contributed by atoms with Crippen LogP contribution in [0, 0.1) is 11.7 Å². The van der Waals surface area contributed by atoms with Crippen LogP contribution in [0.4, 0.5) is 10.1 Å². The highest BCUT2D eigenvalue weighted by atomic mass is 32.1. The molecule has 1 unspecified atom stereocenters. The van der Waals surface area contributed by atoms with Gasteiger partial charge in [-0.1, -0.05) is 26.3 Å². The highest BCUT2D eigenvalue weighted by Crippen LogP contribution is 2.39. The summed E-state index contributed by atoms with van der Waals surface area (Å²) in [5, 5.41) is 2.20. The molecule has 0 fully saturated rings. The first-order valence-corrected chi connectivity index (χ1v) is 10.2. The molecule has 0 spiro atoms. The predicted octanol–water partition coefficient (Wildman–Crippen LogP) is 7.61. The maximum atomic E-state index is 14.0. The van der Waals surface area contributed by atoms with Gasteiger partial charge in [0.2, 0.25) is 0 Å². The first-order valence-electron chi connectivity index (χ1n) is 8.17. The number of thiophene rings is 2. The van der Waals surface area contributed by atoms with Gasteiger partial charge in [-0.25, -0.2) is 4.39 Å². The molecule has 3 rings (SSSR count). The van der Waals surface area contributed by atoms with E-state index in [1.165, 1.54) is 27.1 Å². The maximum absolute atomic E-state index is 14.0. The van der Waals surface area contributed by atoms with Gasteiger partial charge in [0.05, 0.1) is 5.16 Å². The Kier molecular flexibility index (Phi) is 5.92. The second-order valence-corrected chi connectivity index (χ2v) is 8.45. The first-order chi connectivity index (χ1) is 12.1. The Balaban J connectivity index is 1.83. The zero-order valence-corrected chi connectivity index (χ0v) is 16.5. The third-order valence-electron chi connectivity index (χ3n) is 4.16. The fraction of sp³-hybridized carbons (Fsp3) is 0.250. The van der Waals surface area contributed by atoms with Gasteiger partial charge in [0.1, 0.15) is 11.5 Å². The summed E-state index contributed by atoms with van der Waals surface area (Å²) in [6.45, 7) is 4.52. The topological polar surface area (TPSA) is 12.4 Å². The number of thiocarbonyl (C=S) groups is 1. The third kappa shape index (κ3) is 4.31. The van der Waals surface area contributed by atoms with E-state index >= 15 is 0 Å². The molecule has 128 valence electrons. The van der Waals surface area contributed by atoms with Crippen molar-refractivity contribution >= 4 is 45.7 Å². The van der Waals surface area contributed by atoms with Gasteiger partial charge in [-0.05, 0) is 66.5 Å². The van der Waals surface area contributed by atoms with E-state index in [0.717, 1.165) is 16.9 Å². The molecule has 1 aromatic carbocycles. The fourth-order valence-electron chi connectivity index (χ4n) is 2.53. The summed E-state index contributed by atoms with van der Waals surface area (Å²) < 4.78 is 14.0. The molecule has 3 aromatic rings. The number of hydrogen-bond acceptors (Lipinski definition) is 4. The number of rotatable bonds is 6. The van der Waals surface area contributed by atoms with Crippen LogP contribution in [0.25, 0.3) is 20.2 Å². The van der Waals surface area contributed by atoms with Gasteiger partial charge in [-0.15, -0.1) is 22.7 Å². The normalized spacial score (nSPS) is 12.0. The number of nitrogens with zero attached hydrogens (tertiary/aromatic N) is 1. The van der Waals surface area contributed by atoms with E-state index in [9.17, 15) is 4.39 Å². The minimum Gasteiger partial charge on any atom is -0.205 e. The molecule has 1 nitrogen and oxygen atoms in total. The Bertz CT molecular complexity index is 919. The molecule has 0 aliphatic carbocycles. The molecule has 0 saturated heterocycles. The number of halogens is 1. The Hall–Kier alpha value is -1.65. The number of benzene rings is 1. The molecule has 2 aromatic heterocycles. The second kappa shape index (κ2) is 8.15. The predicted molar refractivity (Wildman–Crippen MR) is 111 cm³/mol. The van der Waals surface area contributed by atoms with E-state index in [-0.39, 0.29) is 11.5 Å². The Labute approximate surface area is 160 Å².